The van der Waals surface area contributed by atoms with E-state index in [-0.39, 0.29) is 5.54 Å². The Morgan fingerprint density at radius 1 is 1.18 bits per heavy atom. The van der Waals surface area contributed by atoms with E-state index in [0.717, 1.165) is 37.3 Å². The minimum Gasteiger partial charge on any atom is -0.310 e. The number of nitrogens with one attached hydrogen (secondary N) is 1. The summed E-state index contributed by atoms with van der Waals surface area (Å²) < 4.78 is 38.0. The van der Waals surface area contributed by atoms with Crippen LogP contribution >= 0.6 is 0 Å². The van der Waals surface area contributed by atoms with Crippen LogP contribution in [0.15, 0.2) is 24.3 Å². The van der Waals surface area contributed by atoms with E-state index >= 15 is 0 Å². The molecular formula is C13H16F3N. The molecule has 0 atom stereocenters. The average Bonchev–Trinajstić information content (AvgIpc) is 2.78. The van der Waals surface area contributed by atoms with E-state index in [1.165, 1.54) is 12.1 Å². The van der Waals surface area contributed by atoms with Gasteiger partial charge in [0.1, 0.15) is 0 Å². The molecule has 1 aliphatic carbocycles. The van der Waals surface area contributed by atoms with E-state index in [2.05, 4.69) is 5.32 Å². The number of alkyl halides is 3. The highest BCUT2D eigenvalue weighted by atomic mass is 19.4. The molecule has 0 saturated heterocycles. The number of hydrogen-bond acceptors (Lipinski definition) is 1. The molecule has 1 N–H and O–H groups in total. The third kappa shape index (κ3) is 2.32. The highest BCUT2D eigenvalue weighted by molar-refractivity contribution is 5.32. The van der Waals surface area contributed by atoms with Crippen molar-refractivity contribution in [2.45, 2.75) is 37.4 Å². The van der Waals surface area contributed by atoms with Gasteiger partial charge in [-0.1, -0.05) is 25.0 Å². The maximum Gasteiger partial charge on any atom is 0.416 e. The van der Waals surface area contributed by atoms with E-state index in [9.17, 15) is 13.2 Å². The number of benzene rings is 1. The van der Waals surface area contributed by atoms with Gasteiger partial charge in [0, 0.05) is 5.54 Å². The summed E-state index contributed by atoms with van der Waals surface area (Å²) in [5.41, 5.74) is -0.0646. The number of rotatable bonds is 2. The van der Waals surface area contributed by atoms with Crippen LogP contribution in [-0.4, -0.2) is 7.05 Å². The third-order valence-corrected chi connectivity index (χ3v) is 3.68. The molecule has 0 radical (unpaired) electrons. The number of hydrogen-bond donors (Lipinski definition) is 1. The molecule has 1 nitrogen and oxygen atoms in total. The second-order valence-electron chi connectivity index (χ2n) is 4.62. The van der Waals surface area contributed by atoms with Crippen molar-refractivity contribution in [3.63, 3.8) is 0 Å². The first kappa shape index (κ1) is 12.4. The minimum absolute atomic E-state index is 0.263. The predicted molar refractivity (Wildman–Crippen MR) is 60.6 cm³/mol. The molecule has 0 heterocycles. The van der Waals surface area contributed by atoms with Crippen LogP contribution in [0.5, 0.6) is 0 Å². The van der Waals surface area contributed by atoms with Crippen molar-refractivity contribution in [2.75, 3.05) is 7.05 Å². The fourth-order valence-electron chi connectivity index (χ4n) is 2.65. The maximum atomic E-state index is 12.7. The second kappa shape index (κ2) is 4.33. The molecule has 1 fully saturated rings. The molecule has 0 spiro atoms. The van der Waals surface area contributed by atoms with Crippen LogP contribution in [0.1, 0.15) is 36.8 Å². The molecule has 1 saturated carbocycles. The summed E-state index contributed by atoms with van der Waals surface area (Å²) in [5.74, 6) is 0. The summed E-state index contributed by atoms with van der Waals surface area (Å²) in [6, 6.07) is 5.69. The highest BCUT2D eigenvalue weighted by Gasteiger charge is 2.36. The second-order valence-corrected chi connectivity index (χ2v) is 4.62. The monoisotopic (exact) mass is 243 g/mol. The van der Waals surface area contributed by atoms with Gasteiger partial charge in [0.15, 0.2) is 0 Å². The Labute approximate surface area is 99.0 Å². The van der Waals surface area contributed by atoms with Crippen molar-refractivity contribution in [3.8, 4) is 0 Å². The van der Waals surface area contributed by atoms with Gasteiger partial charge in [-0.25, -0.2) is 0 Å². The van der Waals surface area contributed by atoms with Crippen molar-refractivity contribution in [2.24, 2.45) is 0 Å². The van der Waals surface area contributed by atoms with E-state index < -0.39 is 11.7 Å². The summed E-state index contributed by atoms with van der Waals surface area (Å²) in [6.07, 6.45) is -0.312. The van der Waals surface area contributed by atoms with Crippen molar-refractivity contribution >= 4 is 0 Å². The van der Waals surface area contributed by atoms with Crippen molar-refractivity contribution in [3.05, 3.63) is 35.4 Å². The smallest absolute Gasteiger partial charge is 0.310 e. The van der Waals surface area contributed by atoms with Gasteiger partial charge in [0.05, 0.1) is 5.56 Å². The molecule has 1 aromatic rings. The minimum atomic E-state index is -4.26. The molecule has 0 bridgehead atoms. The third-order valence-electron chi connectivity index (χ3n) is 3.68. The predicted octanol–water partition coefficient (Wildman–Crippen LogP) is 3.69. The quantitative estimate of drug-likeness (QED) is 0.835. The summed E-state index contributed by atoms with van der Waals surface area (Å²) >= 11 is 0. The Morgan fingerprint density at radius 2 is 1.82 bits per heavy atom. The van der Waals surface area contributed by atoms with E-state index in [1.54, 1.807) is 6.07 Å². The lowest BCUT2D eigenvalue weighted by Crippen LogP contribution is -2.37. The Kier molecular flexibility index (Phi) is 3.17. The van der Waals surface area contributed by atoms with Crippen LogP contribution in [-0.2, 0) is 11.7 Å². The van der Waals surface area contributed by atoms with Crippen molar-refractivity contribution < 1.29 is 13.2 Å². The normalized spacial score (nSPS) is 19.5. The first-order valence-corrected chi connectivity index (χ1v) is 5.85. The molecule has 17 heavy (non-hydrogen) atoms. The molecule has 0 aromatic heterocycles. The van der Waals surface area contributed by atoms with Crippen LogP contribution in [0.4, 0.5) is 13.2 Å². The average molecular weight is 243 g/mol. The van der Waals surface area contributed by atoms with Gasteiger partial charge in [-0.05, 0) is 37.6 Å². The lowest BCUT2D eigenvalue weighted by Gasteiger charge is -2.29. The van der Waals surface area contributed by atoms with Gasteiger partial charge < -0.3 is 5.32 Å². The number of halogens is 3. The van der Waals surface area contributed by atoms with Crippen LogP contribution in [0, 0.1) is 0 Å². The van der Waals surface area contributed by atoms with Gasteiger partial charge in [-0.3, -0.25) is 0 Å². The van der Waals surface area contributed by atoms with Gasteiger partial charge >= 0.3 is 6.18 Å². The van der Waals surface area contributed by atoms with Gasteiger partial charge in [-0.2, -0.15) is 13.2 Å². The Hall–Kier alpha value is -1.03. The summed E-state index contributed by atoms with van der Waals surface area (Å²) in [4.78, 5) is 0. The van der Waals surface area contributed by atoms with E-state index in [1.807, 2.05) is 7.05 Å². The zero-order chi connectivity index (χ0) is 12.5. The lowest BCUT2D eigenvalue weighted by atomic mass is 9.87. The molecule has 0 unspecified atom stereocenters. The molecule has 1 aliphatic rings. The van der Waals surface area contributed by atoms with Gasteiger partial charge in [-0.15, -0.1) is 0 Å². The fraction of sp³-hybridized carbons (Fsp3) is 0.538. The van der Waals surface area contributed by atoms with Crippen molar-refractivity contribution in [1.29, 1.82) is 0 Å². The molecule has 0 amide bonds. The van der Waals surface area contributed by atoms with Gasteiger partial charge in [0.25, 0.3) is 0 Å². The zero-order valence-corrected chi connectivity index (χ0v) is 9.77. The fourth-order valence-corrected chi connectivity index (χ4v) is 2.65. The first-order chi connectivity index (χ1) is 7.98. The SMILES string of the molecule is CNC1(c2cccc(C(F)(F)F)c2)CCCC1. The van der Waals surface area contributed by atoms with Crippen molar-refractivity contribution in [1.82, 2.24) is 5.32 Å². The Morgan fingerprint density at radius 3 is 2.35 bits per heavy atom. The summed E-state index contributed by atoms with van der Waals surface area (Å²) in [6.45, 7) is 0. The Balaban J connectivity index is 2.39. The molecule has 2 rings (SSSR count). The Bertz CT molecular complexity index is 392. The molecule has 1 aromatic carbocycles. The first-order valence-electron chi connectivity index (χ1n) is 5.85. The van der Waals surface area contributed by atoms with E-state index in [4.69, 9.17) is 0 Å². The highest BCUT2D eigenvalue weighted by Crippen LogP contribution is 2.40. The van der Waals surface area contributed by atoms with Crippen LogP contribution < -0.4 is 5.32 Å². The zero-order valence-electron chi connectivity index (χ0n) is 9.77. The standard InChI is InChI=1S/C13H16F3N/c1-17-12(7-2-3-8-12)10-5-4-6-11(9-10)13(14,15)16/h4-6,9,17H,2-3,7-8H2,1H3. The van der Waals surface area contributed by atoms with Crippen LogP contribution in [0.2, 0.25) is 0 Å². The largest absolute Gasteiger partial charge is 0.416 e. The van der Waals surface area contributed by atoms with E-state index in [0.29, 0.717) is 0 Å². The topological polar surface area (TPSA) is 12.0 Å². The molecule has 94 valence electrons. The summed E-state index contributed by atoms with van der Waals surface area (Å²) in [5, 5.41) is 3.21. The summed E-state index contributed by atoms with van der Waals surface area (Å²) in [7, 11) is 1.82. The van der Waals surface area contributed by atoms with Crippen LogP contribution in [0.25, 0.3) is 0 Å². The molecular weight excluding hydrogens is 227 g/mol. The van der Waals surface area contributed by atoms with Gasteiger partial charge in [0.2, 0.25) is 0 Å². The maximum absolute atomic E-state index is 12.7. The lowest BCUT2D eigenvalue weighted by molar-refractivity contribution is -0.137. The molecule has 0 aliphatic heterocycles. The van der Waals surface area contributed by atoms with Crippen LogP contribution in [0.3, 0.4) is 0 Å². The molecule has 4 heteroatoms.